The molecule has 2 N–H and O–H groups in total. The van der Waals surface area contributed by atoms with Crippen LogP contribution in [0.2, 0.25) is 0 Å². The lowest BCUT2D eigenvalue weighted by molar-refractivity contribution is 1.45. The first-order valence-corrected chi connectivity index (χ1v) is 3.33. The fourth-order valence-electron chi connectivity index (χ4n) is 0.919. The molecule has 0 radical (unpaired) electrons. The molecule has 0 aliphatic rings. The zero-order valence-corrected chi connectivity index (χ0v) is 7.53. The Morgan fingerprint density at radius 1 is 0.909 bits per heavy atom. The molecule has 62 valence electrons. The van der Waals surface area contributed by atoms with E-state index in [9.17, 15) is 0 Å². The van der Waals surface area contributed by atoms with Crippen molar-refractivity contribution in [2.75, 3.05) is 24.7 Å². The maximum Gasteiger partial charge on any atom is 0.0573 e. The second-order valence-corrected chi connectivity index (χ2v) is 2.05. The van der Waals surface area contributed by atoms with Crippen molar-refractivity contribution in [2.45, 2.75) is 0 Å². The minimum absolute atomic E-state index is 0. The molecule has 0 spiro atoms. The number of nitrogens with one attached hydrogen (secondary N) is 2. The van der Waals surface area contributed by atoms with Gasteiger partial charge in [0.1, 0.15) is 0 Å². The number of para-hydroxylation sites is 2. The quantitative estimate of drug-likeness (QED) is 0.715. The largest absolute Gasteiger partial charge is 0.386 e. The highest BCUT2D eigenvalue weighted by Crippen LogP contribution is 2.18. The van der Waals surface area contributed by atoms with Crippen LogP contribution >= 0.6 is 12.4 Å². The minimum atomic E-state index is 0. The van der Waals surface area contributed by atoms with E-state index in [1.54, 1.807) is 0 Å². The predicted molar refractivity (Wildman–Crippen MR) is 52.8 cm³/mol. The third-order valence-electron chi connectivity index (χ3n) is 1.47. The Morgan fingerprint density at radius 2 is 1.27 bits per heavy atom. The third-order valence-corrected chi connectivity index (χ3v) is 1.47. The summed E-state index contributed by atoms with van der Waals surface area (Å²) >= 11 is 0. The van der Waals surface area contributed by atoms with Crippen molar-refractivity contribution < 1.29 is 0 Å². The molecule has 0 aromatic heterocycles. The number of rotatable bonds is 2. The Kier molecular flexibility index (Phi) is 4.46. The van der Waals surface area contributed by atoms with Crippen LogP contribution in [0.1, 0.15) is 0 Å². The normalized spacial score (nSPS) is 8.18. The molecule has 0 fully saturated rings. The van der Waals surface area contributed by atoms with Crippen molar-refractivity contribution in [3.05, 3.63) is 24.3 Å². The first-order chi connectivity index (χ1) is 4.88. The van der Waals surface area contributed by atoms with Gasteiger partial charge in [0.2, 0.25) is 0 Å². The van der Waals surface area contributed by atoms with Gasteiger partial charge in [0.25, 0.3) is 0 Å². The Labute approximate surface area is 73.4 Å². The first kappa shape index (κ1) is 10.1. The van der Waals surface area contributed by atoms with E-state index in [4.69, 9.17) is 0 Å². The van der Waals surface area contributed by atoms with Gasteiger partial charge in [-0.15, -0.1) is 12.4 Å². The summed E-state index contributed by atoms with van der Waals surface area (Å²) in [6.45, 7) is 0. The maximum absolute atomic E-state index is 3.08. The molecule has 2 nitrogen and oxygen atoms in total. The Bertz CT molecular complexity index is 190. The smallest absolute Gasteiger partial charge is 0.0573 e. The van der Waals surface area contributed by atoms with Gasteiger partial charge in [0, 0.05) is 14.1 Å². The number of hydrogen-bond acceptors (Lipinski definition) is 2. The Hall–Kier alpha value is -0.890. The molecule has 1 aromatic rings. The Morgan fingerprint density at radius 3 is 1.55 bits per heavy atom. The molecule has 3 heteroatoms. The summed E-state index contributed by atoms with van der Waals surface area (Å²) in [6.07, 6.45) is 0. The van der Waals surface area contributed by atoms with E-state index in [1.165, 1.54) is 0 Å². The molecular weight excluding hydrogens is 160 g/mol. The molecule has 0 aliphatic carbocycles. The molecule has 11 heavy (non-hydrogen) atoms. The van der Waals surface area contributed by atoms with E-state index in [2.05, 4.69) is 10.6 Å². The van der Waals surface area contributed by atoms with Crippen LogP contribution in [0.15, 0.2) is 24.3 Å². The number of anilines is 2. The summed E-state index contributed by atoms with van der Waals surface area (Å²) in [5.41, 5.74) is 2.26. The zero-order chi connectivity index (χ0) is 7.40. The molecule has 0 saturated carbocycles. The fraction of sp³-hybridized carbons (Fsp3) is 0.250. The van der Waals surface area contributed by atoms with Gasteiger partial charge < -0.3 is 10.6 Å². The summed E-state index contributed by atoms with van der Waals surface area (Å²) in [7, 11) is 3.83. The predicted octanol–water partition coefficient (Wildman–Crippen LogP) is 2.19. The number of halogens is 1. The second-order valence-electron chi connectivity index (χ2n) is 2.05. The van der Waals surface area contributed by atoms with Crippen molar-refractivity contribution in [1.82, 2.24) is 0 Å². The van der Waals surface area contributed by atoms with E-state index < -0.39 is 0 Å². The lowest BCUT2D eigenvalue weighted by atomic mass is 10.3. The molecule has 0 unspecified atom stereocenters. The highest BCUT2D eigenvalue weighted by atomic mass is 35.5. The van der Waals surface area contributed by atoms with Crippen LogP contribution in [0.4, 0.5) is 11.4 Å². The molecule has 0 bridgehead atoms. The molecule has 0 atom stereocenters. The van der Waals surface area contributed by atoms with Crippen LogP contribution in [-0.4, -0.2) is 14.1 Å². The topological polar surface area (TPSA) is 24.1 Å². The van der Waals surface area contributed by atoms with E-state index in [-0.39, 0.29) is 12.4 Å². The lowest BCUT2D eigenvalue weighted by Gasteiger charge is -2.06. The lowest BCUT2D eigenvalue weighted by Crippen LogP contribution is -1.95. The van der Waals surface area contributed by atoms with Gasteiger partial charge in [0.15, 0.2) is 0 Å². The summed E-state index contributed by atoms with van der Waals surface area (Å²) in [4.78, 5) is 0. The van der Waals surface area contributed by atoms with Crippen molar-refractivity contribution >= 4 is 23.8 Å². The number of hydrogen-bond donors (Lipinski definition) is 2. The Balaban J connectivity index is 0.000001000. The SMILES string of the molecule is CNc1ccccc1NC.Cl. The van der Waals surface area contributed by atoms with E-state index in [0.717, 1.165) is 11.4 Å². The highest BCUT2D eigenvalue weighted by Gasteiger charge is 1.92. The van der Waals surface area contributed by atoms with Gasteiger partial charge in [-0.25, -0.2) is 0 Å². The minimum Gasteiger partial charge on any atom is -0.386 e. The summed E-state index contributed by atoms with van der Waals surface area (Å²) in [5, 5.41) is 6.17. The second kappa shape index (κ2) is 4.85. The van der Waals surface area contributed by atoms with Gasteiger partial charge in [0.05, 0.1) is 11.4 Å². The van der Waals surface area contributed by atoms with Crippen LogP contribution in [-0.2, 0) is 0 Å². The van der Waals surface area contributed by atoms with Crippen LogP contribution in [0.3, 0.4) is 0 Å². The molecule has 0 amide bonds. The van der Waals surface area contributed by atoms with Gasteiger partial charge >= 0.3 is 0 Å². The number of benzene rings is 1. The average Bonchev–Trinajstić information content (AvgIpc) is 2.04. The van der Waals surface area contributed by atoms with E-state index in [0.29, 0.717) is 0 Å². The van der Waals surface area contributed by atoms with Crippen molar-refractivity contribution in [3.63, 3.8) is 0 Å². The maximum atomic E-state index is 3.08. The van der Waals surface area contributed by atoms with Crippen LogP contribution in [0, 0.1) is 0 Å². The first-order valence-electron chi connectivity index (χ1n) is 3.33. The summed E-state index contributed by atoms with van der Waals surface area (Å²) < 4.78 is 0. The van der Waals surface area contributed by atoms with Crippen LogP contribution in [0.5, 0.6) is 0 Å². The van der Waals surface area contributed by atoms with E-state index >= 15 is 0 Å². The summed E-state index contributed by atoms with van der Waals surface area (Å²) in [6, 6.07) is 8.08. The van der Waals surface area contributed by atoms with Crippen LogP contribution in [0.25, 0.3) is 0 Å². The van der Waals surface area contributed by atoms with Gasteiger partial charge in [-0.05, 0) is 12.1 Å². The molecule has 1 aromatic carbocycles. The molecule has 0 heterocycles. The van der Waals surface area contributed by atoms with Gasteiger partial charge in [-0.1, -0.05) is 12.1 Å². The van der Waals surface area contributed by atoms with Crippen molar-refractivity contribution in [2.24, 2.45) is 0 Å². The van der Waals surface area contributed by atoms with E-state index in [1.807, 2.05) is 38.4 Å². The molecule has 0 saturated heterocycles. The third kappa shape index (κ3) is 2.31. The summed E-state index contributed by atoms with van der Waals surface area (Å²) in [5.74, 6) is 0. The van der Waals surface area contributed by atoms with Crippen LogP contribution < -0.4 is 10.6 Å². The zero-order valence-electron chi connectivity index (χ0n) is 6.72. The molecular formula is C8H13ClN2. The fourth-order valence-corrected chi connectivity index (χ4v) is 0.919. The highest BCUT2D eigenvalue weighted by molar-refractivity contribution is 5.85. The van der Waals surface area contributed by atoms with Crippen molar-refractivity contribution in [3.8, 4) is 0 Å². The molecule has 1 rings (SSSR count). The average molecular weight is 173 g/mol. The molecule has 0 aliphatic heterocycles. The standard InChI is InChI=1S/C8H12N2.ClH/c1-9-7-5-3-4-6-8(7)10-2;/h3-6,9-10H,1-2H3;1H. The van der Waals surface area contributed by atoms with Gasteiger partial charge in [-0.2, -0.15) is 0 Å². The van der Waals surface area contributed by atoms with Gasteiger partial charge in [-0.3, -0.25) is 0 Å². The van der Waals surface area contributed by atoms with Crippen molar-refractivity contribution in [1.29, 1.82) is 0 Å². The monoisotopic (exact) mass is 172 g/mol.